The Morgan fingerprint density at radius 1 is 0.531 bits per heavy atom. The summed E-state index contributed by atoms with van der Waals surface area (Å²) in [5.41, 5.74) is 10.8. The maximum Gasteiger partial charge on any atom is 0.223 e. The van der Waals surface area contributed by atoms with Gasteiger partial charge in [-0.1, -0.05) is 48.5 Å². The Bertz CT molecular complexity index is 3090. The molecule has 2 aliphatic rings. The van der Waals surface area contributed by atoms with Crippen molar-refractivity contribution in [1.82, 2.24) is 38.3 Å². The van der Waals surface area contributed by atoms with E-state index in [9.17, 15) is 16.8 Å². The number of hydrogen-bond acceptors (Lipinski definition) is 10. The summed E-state index contributed by atoms with van der Waals surface area (Å²) in [5, 5.41) is 3.92. The van der Waals surface area contributed by atoms with Gasteiger partial charge in [0.2, 0.25) is 31.8 Å². The van der Waals surface area contributed by atoms with Crippen molar-refractivity contribution in [2.45, 2.75) is 13.1 Å². The molecule has 0 amide bonds. The normalized spacial score (nSPS) is 16.4. The molecule has 330 valence electrons. The molecule has 4 aromatic heterocycles. The molecule has 2 aliphatic heterocycles. The first-order chi connectivity index (χ1) is 30.8. The first-order valence-electron chi connectivity index (χ1n) is 21.4. The number of hydrogen-bond donors (Lipinski definition) is 2. The lowest BCUT2D eigenvalue weighted by atomic mass is 9.92. The number of H-pyrrole nitrogens is 2. The molecule has 16 heteroatoms. The molecule has 4 aromatic carbocycles. The molecule has 0 saturated carbocycles. The molecule has 6 heterocycles. The number of fused-ring (bicyclic) bond motifs is 4. The molecule has 0 atom stereocenters. The minimum absolute atomic E-state index is 0.450. The smallest absolute Gasteiger partial charge is 0.223 e. The number of nitrogens with one attached hydrogen (secondary N) is 2. The molecule has 64 heavy (non-hydrogen) atoms. The Hall–Kier alpha value is -5.88. The number of aromatic nitrogens is 4. The van der Waals surface area contributed by atoms with E-state index >= 15 is 0 Å². The van der Waals surface area contributed by atoms with Gasteiger partial charge in [0, 0.05) is 109 Å². The van der Waals surface area contributed by atoms with Gasteiger partial charge in [0.15, 0.2) is 0 Å². The summed E-state index contributed by atoms with van der Waals surface area (Å²) in [6.45, 7) is 5.61. The van der Waals surface area contributed by atoms with Gasteiger partial charge in [-0.15, -0.1) is 0 Å². The number of pyridine rings is 2. The Labute approximate surface area is 372 Å². The highest BCUT2D eigenvalue weighted by atomic mass is 32.2. The standard InChI is InChI=1S/C48H50N8O6S2/c1-61-47-37(27-33-9-5-7-11-39(33)51-47)45-43(35-25-31(13-15-41(35)49-45)29-53-17-21-55(22-18-53)63(3,57)58)44-36-26-32(30-54-19-23-56(24-20-54)64(4,59)60)14-16-42(36)50-46(44)38-28-34-10-6-8-12-40(34)52-48(38)62-2/h5-16,25-28,49-50H,17-24,29-30H2,1-4H3. The number of sulfonamides is 2. The van der Waals surface area contributed by atoms with Crippen molar-refractivity contribution in [3.05, 3.63) is 108 Å². The van der Waals surface area contributed by atoms with Gasteiger partial charge in [-0.2, -0.15) is 8.61 Å². The second-order valence-electron chi connectivity index (χ2n) is 16.9. The lowest BCUT2D eigenvalue weighted by Crippen LogP contribution is -2.47. The fourth-order valence-electron chi connectivity index (χ4n) is 9.42. The number of ether oxygens (including phenoxy) is 2. The lowest BCUT2D eigenvalue weighted by Gasteiger charge is -2.33. The largest absolute Gasteiger partial charge is 0.480 e. The van der Waals surface area contributed by atoms with E-state index < -0.39 is 20.0 Å². The molecule has 0 spiro atoms. The van der Waals surface area contributed by atoms with Crippen LogP contribution < -0.4 is 9.47 Å². The minimum atomic E-state index is -3.26. The van der Waals surface area contributed by atoms with Crippen LogP contribution >= 0.6 is 0 Å². The van der Waals surface area contributed by atoms with Gasteiger partial charge in [0.25, 0.3) is 0 Å². The van der Waals surface area contributed by atoms with E-state index in [-0.39, 0.29) is 0 Å². The van der Waals surface area contributed by atoms with Gasteiger partial charge >= 0.3 is 0 Å². The summed E-state index contributed by atoms with van der Waals surface area (Å²) in [5.74, 6) is 0.964. The molecule has 2 N–H and O–H groups in total. The first-order valence-corrected chi connectivity index (χ1v) is 25.1. The van der Waals surface area contributed by atoms with Crippen LogP contribution in [-0.2, 0) is 33.1 Å². The van der Waals surface area contributed by atoms with Crippen LogP contribution in [0.2, 0.25) is 0 Å². The van der Waals surface area contributed by atoms with Gasteiger partial charge in [-0.05, 0) is 59.7 Å². The van der Waals surface area contributed by atoms with Crippen LogP contribution in [-0.4, -0.2) is 134 Å². The number of benzene rings is 4. The summed E-state index contributed by atoms with van der Waals surface area (Å²) in [4.78, 5) is 22.3. The van der Waals surface area contributed by atoms with Crippen LogP contribution in [0.1, 0.15) is 11.1 Å². The van der Waals surface area contributed by atoms with E-state index in [2.05, 4.69) is 80.4 Å². The van der Waals surface area contributed by atoms with E-state index in [1.165, 1.54) is 12.5 Å². The summed E-state index contributed by atoms with van der Waals surface area (Å²) < 4.78 is 64.6. The summed E-state index contributed by atoms with van der Waals surface area (Å²) in [6.07, 6.45) is 2.55. The zero-order valence-corrected chi connectivity index (χ0v) is 37.9. The predicted octanol–water partition coefficient (Wildman–Crippen LogP) is 6.92. The van der Waals surface area contributed by atoms with Crippen LogP contribution in [0.3, 0.4) is 0 Å². The Kier molecular flexibility index (Phi) is 10.9. The molecule has 2 saturated heterocycles. The highest BCUT2D eigenvalue weighted by Crippen LogP contribution is 2.50. The number of methoxy groups -OCH3 is 2. The van der Waals surface area contributed by atoms with Crippen molar-refractivity contribution in [1.29, 1.82) is 0 Å². The van der Waals surface area contributed by atoms with E-state index in [4.69, 9.17) is 19.4 Å². The topological polar surface area (TPSA) is 157 Å². The van der Waals surface area contributed by atoms with E-state index in [0.717, 1.165) is 88.4 Å². The third kappa shape index (κ3) is 7.99. The molecule has 0 radical (unpaired) electrons. The second kappa shape index (κ2) is 16.6. The maximum absolute atomic E-state index is 12.3. The number of piperazine rings is 2. The highest BCUT2D eigenvalue weighted by molar-refractivity contribution is 7.88. The number of rotatable bonds is 11. The molecule has 8 aromatic rings. The SMILES string of the molecule is COc1nc2ccccc2cc1-c1[nH]c2ccc(CN3CCN(S(C)(=O)=O)CC3)cc2c1-c1c(-c2cc3ccccc3nc2OC)[nH]c2ccc(CN3CCN(S(C)(=O)=O)CC3)cc12. The summed E-state index contributed by atoms with van der Waals surface area (Å²) in [7, 11) is -3.23. The van der Waals surface area contributed by atoms with Crippen LogP contribution in [0.4, 0.5) is 0 Å². The van der Waals surface area contributed by atoms with Crippen molar-refractivity contribution < 1.29 is 26.3 Å². The number of nitrogens with zero attached hydrogens (tertiary/aromatic N) is 6. The maximum atomic E-state index is 12.3. The molecule has 2 fully saturated rings. The van der Waals surface area contributed by atoms with Gasteiger partial charge < -0.3 is 19.4 Å². The number of aromatic amines is 2. The number of para-hydroxylation sites is 2. The van der Waals surface area contributed by atoms with Crippen LogP contribution in [0, 0.1) is 0 Å². The molecule has 0 bridgehead atoms. The Morgan fingerprint density at radius 2 is 0.922 bits per heavy atom. The zero-order chi connectivity index (χ0) is 44.3. The van der Waals surface area contributed by atoms with Crippen molar-refractivity contribution >= 4 is 63.7 Å². The highest BCUT2D eigenvalue weighted by Gasteiger charge is 2.29. The van der Waals surface area contributed by atoms with E-state index in [1.807, 2.05) is 36.4 Å². The Balaban J connectivity index is 1.20. The van der Waals surface area contributed by atoms with Gasteiger partial charge in [-0.3, -0.25) is 9.80 Å². The third-order valence-electron chi connectivity index (χ3n) is 12.7. The molecular weight excluding hydrogens is 849 g/mol. The fraction of sp³-hybridized carbons (Fsp3) is 0.292. The van der Waals surface area contributed by atoms with Crippen molar-refractivity contribution in [3.63, 3.8) is 0 Å². The quantitative estimate of drug-likeness (QED) is 0.140. The van der Waals surface area contributed by atoms with Gasteiger partial charge in [0.05, 0.1) is 60.3 Å². The third-order valence-corrected chi connectivity index (χ3v) is 15.3. The summed E-state index contributed by atoms with van der Waals surface area (Å²) >= 11 is 0. The van der Waals surface area contributed by atoms with E-state index in [1.54, 1.807) is 22.8 Å². The van der Waals surface area contributed by atoms with Crippen molar-refractivity contribution in [2.24, 2.45) is 0 Å². The lowest BCUT2D eigenvalue weighted by molar-refractivity contribution is 0.182. The zero-order valence-electron chi connectivity index (χ0n) is 36.3. The summed E-state index contributed by atoms with van der Waals surface area (Å²) in [6, 6.07) is 33.3. The van der Waals surface area contributed by atoms with Crippen LogP contribution in [0.25, 0.3) is 77.3 Å². The van der Waals surface area contributed by atoms with Gasteiger partial charge in [0.1, 0.15) is 0 Å². The monoisotopic (exact) mass is 898 g/mol. The van der Waals surface area contributed by atoms with Crippen molar-refractivity contribution in [2.75, 3.05) is 79.1 Å². The second-order valence-corrected chi connectivity index (χ2v) is 20.8. The fourth-order valence-corrected chi connectivity index (χ4v) is 11.1. The minimum Gasteiger partial charge on any atom is -0.480 e. The molecular formula is C48H50N8O6S2. The van der Waals surface area contributed by atoms with Crippen LogP contribution in [0.15, 0.2) is 97.1 Å². The molecule has 14 nitrogen and oxygen atoms in total. The van der Waals surface area contributed by atoms with E-state index in [0.29, 0.717) is 77.2 Å². The molecule has 10 rings (SSSR count). The predicted molar refractivity (Wildman–Crippen MR) is 254 cm³/mol. The van der Waals surface area contributed by atoms with Crippen LogP contribution in [0.5, 0.6) is 11.8 Å². The average Bonchev–Trinajstić information content (AvgIpc) is 3.85. The van der Waals surface area contributed by atoms with Gasteiger partial charge in [-0.25, -0.2) is 26.8 Å². The molecule has 0 aliphatic carbocycles. The first kappa shape index (κ1) is 42.1. The Morgan fingerprint density at radius 3 is 1.30 bits per heavy atom. The molecule has 0 unspecified atom stereocenters. The average molecular weight is 899 g/mol. The van der Waals surface area contributed by atoms with Crippen molar-refractivity contribution in [3.8, 4) is 45.4 Å².